The summed E-state index contributed by atoms with van der Waals surface area (Å²) in [5, 5.41) is 24.3. The first-order valence-corrected chi connectivity index (χ1v) is 10.7. The summed E-state index contributed by atoms with van der Waals surface area (Å²) < 4.78 is 7.67. The van der Waals surface area contributed by atoms with Crippen LogP contribution in [-0.2, 0) is 18.2 Å². The number of aliphatic hydroxyl groups is 2. The van der Waals surface area contributed by atoms with E-state index in [0.29, 0.717) is 24.3 Å². The van der Waals surface area contributed by atoms with Gasteiger partial charge in [0.2, 0.25) is 0 Å². The van der Waals surface area contributed by atoms with Crippen molar-refractivity contribution in [1.82, 2.24) is 9.78 Å². The zero-order valence-electron chi connectivity index (χ0n) is 17.3. The normalized spacial score (nSPS) is 20.8. The fraction of sp³-hybridized carbons (Fsp3) is 0.320. The molecule has 0 radical (unpaired) electrons. The Kier molecular flexibility index (Phi) is 6.74. The van der Waals surface area contributed by atoms with Gasteiger partial charge in [0.1, 0.15) is 0 Å². The van der Waals surface area contributed by atoms with Gasteiger partial charge in [-0.3, -0.25) is 4.68 Å². The average molecular weight is 437 g/mol. The third-order valence-electron chi connectivity index (χ3n) is 5.43. The zero-order chi connectivity index (χ0) is 21.8. The van der Waals surface area contributed by atoms with Gasteiger partial charge in [0.15, 0.2) is 0 Å². The van der Waals surface area contributed by atoms with Crippen molar-refractivity contribution in [3.05, 3.63) is 87.7 Å². The summed E-state index contributed by atoms with van der Waals surface area (Å²) in [5.41, 5.74) is 4.91. The highest BCUT2D eigenvalue weighted by Crippen LogP contribution is 2.33. The van der Waals surface area contributed by atoms with Crippen molar-refractivity contribution in [2.45, 2.75) is 37.6 Å². The minimum atomic E-state index is -0.477. The summed E-state index contributed by atoms with van der Waals surface area (Å²) in [6.45, 7) is -0.0932. The summed E-state index contributed by atoms with van der Waals surface area (Å²) in [7, 11) is 1.87. The lowest BCUT2D eigenvalue weighted by atomic mass is 9.94. The molecule has 0 bridgehead atoms. The third-order valence-corrected chi connectivity index (χ3v) is 5.80. The van der Waals surface area contributed by atoms with Gasteiger partial charge in [0.05, 0.1) is 36.7 Å². The standard InChI is InChI=1S/C25H25ClN2O3/c1-28-15-19(14-27-28)7-4-17-2-5-18(6-3-17)10-21-11-20(8-9-24(21)26)25-13-22(30)12-23(16-29)31-25/h2-3,5-6,8-9,11,14-15,22-23,25,29-30H,10,12-13,16H2,1H3/t22-,23-,25+/m0/s1. The molecular formula is C25H25ClN2O3. The molecule has 0 unspecified atom stereocenters. The second-order valence-electron chi connectivity index (χ2n) is 7.93. The van der Waals surface area contributed by atoms with Crippen molar-refractivity contribution < 1.29 is 14.9 Å². The molecule has 2 heterocycles. The average Bonchev–Trinajstić information content (AvgIpc) is 3.19. The first kappa shape index (κ1) is 21.6. The van der Waals surface area contributed by atoms with Gasteiger partial charge < -0.3 is 14.9 Å². The number of nitrogens with zero attached hydrogens (tertiary/aromatic N) is 2. The Morgan fingerprint density at radius 3 is 2.61 bits per heavy atom. The van der Waals surface area contributed by atoms with Crippen LogP contribution in [0.25, 0.3) is 0 Å². The molecule has 4 rings (SSSR count). The van der Waals surface area contributed by atoms with Crippen molar-refractivity contribution >= 4 is 11.6 Å². The number of hydrogen-bond acceptors (Lipinski definition) is 4. The third kappa shape index (κ3) is 5.55. The SMILES string of the molecule is Cn1cc(C#Cc2ccc(Cc3cc([C@H]4C[C@@H](O)C[C@@H](CO)O4)ccc3Cl)cc2)cn1. The number of halogens is 1. The molecule has 1 fully saturated rings. The number of benzene rings is 2. The maximum atomic E-state index is 10.1. The maximum absolute atomic E-state index is 10.1. The summed E-state index contributed by atoms with van der Waals surface area (Å²) in [6, 6.07) is 14.0. The summed E-state index contributed by atoms with van der Waals surface area (Å²) >= 11 is 6.46. The molecule has 0 saturated carbocycles. The number of ether oxygens (including phenoxy) is 1. The molecule has 0 spiro atoms. The highest BCUT2D eigenvalue weighted by Gasteiger charge is 2.29. The van der Waals surface area contributed by atoms with Gasteiger partial charge in [-0.25, -0.2) is 0 Å². The van der Waals surface area contributed by atoms with Crippen molar-refractivity contribution in [3.8, 4) is 11.8 Å². The van der Waals surface area contributed by atoms with Crippen LogP contribution in [0.5, 0.6) is 0 Å². The molecule has 1 aliphatic heterocycles. The van der Waals surface area contributed by atoms with Gasteiger partial charge in [-0.2, -0.15) is 5.10 Å². The highest BCUT2D eigenvalue weighted by atomic mass is 35.5. The number of rotatable bonds is 4. The van der Waals surface area contributed by atoms with Crippen LogP contribution in [0.15, 0.2) is 54.9 Å². The van der Waals surface area contributed by atoms with E-state index in [9.17, 15) is 10.2 Å². The molecule has 160 valence electrons. The Morgan fingerprint density at radius 1 is 1.13 bits per heavy atom. The van der Waals surface area contributed by atoms with E-state index in [1.165, 1.54) is 0 Å². The van der Waals surface area contributed by atoms with E-state index in [2.05, 4.69) is 29.1 Å². The quantitative estimate of drug-likeness (QED) is 0.613. The molecule has 2 N–H and O–H groups in total. The van der Waals surface area contributed by atoms with Gasteiger partial charge in [-0.1, -0.05) is 47.7 Å². The van der Waals surface area contributed by atoms with E-state index >= 15 is 0 Å². The lowest BCUT2D eigenvalue weighted by molar-refractivity contribution is -0.113. The van der Waals surface area contributed by atoms with Gasteiger partial charge in [0, 0.05) is 36.7 Å². The van der Waals surface area contributed by atoms with E-state index in [1.807, 2.05) is 43.6 Å². The van der Waals surface area contributed by atoms with Gasteiger partial charge in [0.25, 0.3) is 0 Å². The molecular weight excluding hydrogens is 412 g/mol. The summed E-state index contributed by atoms with van der Waals surface area (Å²) in [5.74, 6) is 6.26. The number of aromatic nitrogens is 2. The first-order valence-electron chi connectivity index (χ1n) is 10.3. The lowest BCUT2D eigenvalue weighted by Gasteiger charge is -2.32. The van der Waals surface area contributed by atoms with Crippen LogP contribution in [0.1, 0.15) is 46.8 Å². The topological polar surface area (TPSA) is 67.5 Å². The Hall–Kier alpha value is -2.62. The molecule has 5 nitrogen and oxygen atoms in total. The Bertz CT molecular complexity index is 1100. The van der Waals surface area contributed by atoms with Crippen molar-refractivity contribution in [2.75, 3.05) is 6.61 Å². The molecule has 1 aliphatic rings. The molecule has 0 aliphatic carbocycles. The van der Waals surface area contributed by atoms with Crippen molar-refractivity contribution in [2.24, 2.45) is 7.05 Å². The maximum Gasteiger partial charge on any atom is 0.0854 e. The van der Waals surface area contributed by atoms with Crippen molar-refractivity contribution in [3.63, 3.8) is 0 Å². The van der Waals surface area contributed by atoms with Crippen LogP contribution in [0.3, 0.4) is 0 Å². The van der Waals surface area contributed by atoms with Crippen LogP contribution in [-0.4, -0.2) is 38.8 Å². The van der Waals surface area contributed by atoms with E-state index in [1.54, 1.807) is 10.9 Å². The number of hydrogen-bond donors (Lipinski definition) is 2. The largest absolute Gasteiger partial charge is 0.394 e. The molecule has 0 amide bonds. The summed E-state index contributed by atoms with van der Waals surface area (Å²) in [6.07, 6.45) is 4.22. The fourth-order valence-corrected chi connectivity index (χ4v) is 3.99. The van der Waals surface area contributed by atoms with Gasteiger partial charge >= 0.3 is 0 Å². The van der Waals surface area contributed by atoms with Crippen LogP contribution in [0, 0.1) is 11.8 Å². The first-order chi connectivity index (χ1) is 15.0. The van der Waals surface area contributed by atoms with Gasteiger partial charge in [-0.05, 0) is 41.3 Å². The van der Waals surface area contributed by atoms with Crippen LogP contribution >= 0.6 is 11.6 Å². The second kappa shape index (κ2) is 9.67. The minimum Gasteiger partial charge on any atom is -0.394 e. The molecule has 3 atom stereocenters. The smallest absolute Gasteiger partial charge is 0.0854 e. The van der Waals surface area contributed by atoms with Crippen LogP contribution < -0.4 is 0 Å². The van der Waals surface area contributed by atoms with Crippen LogP contribution in [0.4, 0.5) is 0 Å². The molecule has 1 aromatic heterocycles. The molecule has 3 aromatic rings. The minimum absolute atomic E-state index is 0.0932. The fourth-order valence-electron chi connectivity index (χ4n) is 3.81. The Morgan fingerprint density at radius 2 is 1.90 bits per heavy atom. The number of aliphatic hydroxyl groups excluding tert-OH is 2. The van der Waals surface area contributed by atoms with Crippen LogP contribution in [0.2, 0.25) is 5.02 Å². The lowest BCUT2D eigenvalue weighted by Crippen LogP contribution is -2.33. The predicted octanol–water partition coefficient (Wildman–Crippen LogP) is 3.64. The molecule has 2 aromatic carbocycles. The Labute approximate surface area is 187 Å². The molecule has 1 saturated heterocycles. The molecule has 31 heavy (non-hydrogen) atoms. The van der Waals surface area contributed by atoms with E-state index < -0.39 is 6.10 Å². The zero-order valence-corrected chi connectivity index (χ0v) is 18.1. The summed E-state index contributed by atoms with van der Waals surface area (Å²) in [4.78, 5) is 0. The Balaban J connectivity index is 1.48. The van der Waals surface area contributed by atoms with E-state index in [-0.39, 0.29) is 18.8 Å². The van der Waals surface area contributed by atoms with Gasteiger partial charge in [-0.15, -0.1) is 0 Å². The van der Waals surface area contributed by atoms with E-state index in [0.717, 1.165) is 27.8 Å². The van der Waals surface area contributed by atoms with Crippen molar-refractivity contribution in [1.29, 1.82) is 0 Å². The van der Waals surface area contributed by atoms with E-state index in [4.69, 9.17) is 16.3 Å². The highest BCUT2D eigenvalue weighted by molar-refractivity contribution is 6.31. The second-order valence-corrected chi connectivity index (χ2v) is 8.34. The predicted molar refractivity (Wildman–Crippen MR) is 120 cm³/mol. The molecule has 6 heteroatoms. The monoisotopic (exact) mass is 436 g/mol. The number of aryl methyl sites for hydroxylation is 1.